The van der Waals surface area contributed by atoms with E-state index in [2.05, 4.69) is 5.32 Å². The van der Waals surface area contributed by atoms with Gasteiger partial charge in [-0.2, -0.15) is 0 Å². The highest BCUT2D eigenvalue weighted by Crippen LogP contribution is 2.34. The van der Waals surface area contributed by atoms with E-state index in [9.17, 15) is 4.79 Å². The van der Waals surface area contributed by atoms with Crippen LogP contribution in [-0.4, -0.2) is 24.6 Å². The molecule has 0 saturated heterocycles. The zero-order valence-corrected chi connectivity index (χ0v) is 17.1. The van der Waals surface area contributed by atoms with Gasteiger partial charge in [0, 0.05) is 10.6 Å². The summed E-state index contributed by atoms with van der Waals surface area (Å²) >= 11 is 1.57. The molecule has 5 nitrogen and oxygen atoms in total. The van der Waals surface area contributed by atoms with Crippen molar-refractivity contribution in [2.24, 2.45) is 9.98 Å². The fourth-order valence-electron chi connectivity index (χ4n) is 3.35. The molecule has 2 heterocycles. The summed E-state index contributed by atoms with van der Waals surface area (Å²) in [4.78, 5) is 23.4. The van der Waals surface area contributed by atoms with E-state index in [0.29, 0.717) is 12.3 Å². The minimum absolute atomic E-state index is 0.0862. The number of benzene rings is 2. The maximum atomic E-state index is 12.7. The number of amidine groups is 1. The largest absolute Gasteiger partial charge is 0.497 e. The van der Waals surface area contributed by atoms with Gasteiger partial charge in [0.1, 0.15) is 11.6 Å². The lowest BCUT2D eigenvalue weighted by Crippen LogP contribution is -2.37. The first-order valence-electron chi connectivity index (χ1n) is 9.33. The fraction of sp³-hybridized carbons (Fsp3) is 0.174. The van der Waals surface area contributed by atoms with Crippen LogP contribution >= 0.6 is 11.3 Å². The van der Waals surface area contributed by atoms with E-state index in [0.717, 1.165) is 33.3 Å². The SMILES string of the molecule is COc1ccc([C@@H]2C(C)=Nc3ccccc3N=C2NC(=O)Cc2cccs2)cc1. The molecule has 0 radical (unpaired) electrons. The van der Waals surface area contributed by atoms with Crippen LogP contribution < -0.4 is 10.1 Å². The molecule has 0 saturated carbocycles. The van der Waals surface area contributed by atoms with Crippen LogP contribution in [0, 0.1) is 0 Å². The molecule has 29 heavy (non-hydrogen) atoms. The molecule has 0 aliphatic carbocycles. The second-order valence-electron chi connectivity index (χ2n) is 6.75. The summed E-state index contributed by atoms with van der Waals surface area (Å²) in [6, 6.07) is 19.4. The van der Waals surface area contributed by atoms with Crippen LogP contribution in [0.15, 0.2) is 76.0 Å². The number of hydrogen-bond donors (Lipinski definition) is 1. The van der Waals surface area contributed by atoms with Crippen molar-refractivity contribution in [3.63, 3.8) is 0 Å². The third kappa shape index (κ3) is 4.27. The Labute approximate surface area is 173 Å². The Kier molecular flexibility index (Phi) is 5.53. The van der Waals surface area contributed by atoms with E-state index in [1.165, 1.54) is 0 Å². The molecule has 1 atom stereocenters. The van der Waals surface area contributed by atoms with Gasteiger partial charge in [-0.05, 0) is 48.2 Å². The number of nitrogens with zero attached hydrogens (tertiary/aromatic N) is 2. The van der Waals surface area contributed by atoms with Crippen molar-refractivity contribution in [3.8, 4) is 5.75 Å². The van der Waals surface area contributed by atoms with Gasteiger partial charge in [-0.1, -0.05) is 30.3 Å². The number of ether oxygens (including phenoxy) is 1. The van der Waals surface area contributed by atoms with Gasteiger partial charge in [0.15, 0.2) is 0 Å². The van der Waals surface area contributed by atoms with Crippen LogP contribution in [0.2, 0.25) is 0 Å². The van der Waals surface area contributed by atoms with Crippen LogP contribution in [-0.2, 0) is 11.2 Å². The zero-order valence-electron chi connectivity index (χ0n) is 16.3. The highest BCUT2D eigenvalue weighted by molar-refractivity contribution is 7.10. The Morgan fingerprint density at radius 1 is 1.03 bits per heavy atom. The van der Waals surface area contributed by atoms with Gasteiger partial charge in [0.2, 0.25) is 5.91 Å². The second-order valence-corrected chi connectivity index (χ2v) is 7.78. The summed E-state index contributed by atoms with van der Waals surface area (Å²) in [7, 11) is 1.64. The number of rotatable bonds is 4. The summed E-state index contributed by atoms with van der Waals surface area (Å²) in [5.74, 6) is 1.03. The number of methoxy groups -OCH3 is 1. The predicted octanol–water partition coefficient (Wildman–Crippen LogP) is 5.04. The van der Waals surface area contributed by atoms with E-state index in [4.69, 9.17) is 14.7 Å². The molecule has 3 aromatic rings. The van der Waals surface area contributed by atoms with Crippen molar-refractivity contribution in [3.05, 3.63) is 76.5 Å². The molecular formula is C23H21N3O2S. The monoisotopic (exact) mass is 403 g/mol. The summed E-state index contributed by atoms with van der Waals surface area (Å²) < 4.78 is 5.28. The highest BCUT2D eigenvalue weighted by atomic mass is 32.1. The van der Waals surface area contributed by atoms with Crippen LogP contribution in [0.4, 0.5) is 11.4 Å². The fourth-order valence-corrected chi connectivity index (χ4v) is 4.06. The van der Waals surface area contributed by atoms with Crippen LogP contribution in [0.1, 0.15) is 23.3 Å². The number of carbonyl (C=O) groups is 1. The van der Waals surface area contributed by atoms with E-state index < -0.39 is 0 Å². The molecule has 1 aromatic heterocycles. The molecule has 2 aromatic carbocycles. The van der Waals surface area contributed by atoms with Gasteiger partial charge in [-0.3, -0.25) is 9.79 Å². The van der Waals surface area contributed by atoms with Crippen LogP contribution in [0.5, 0.6) is 5.75 Å². The van der Waals surface area contributed by atoms with Crippen LogP contribution in [0.3, 0.4) is 0 Å². The van der Waals surface area contributed by atoms with Crippen molar-refractivity contribution in [1.82, 2.24) is 5.32 Å². The third-order valence-electron chi connectivity index (χ3n) is 4.74. The van der Waals surface area contributed by atoms with Crippen molar-refractivity contribution in [2.75, 3.05) is 7.11 Å². The Bertz CT molecular complexity index is 1070. The third-order valence-corrected chi connectivity index (χ3v) is 5.62. The van der Waals surface area contributed by atoms with Gasteiger partial charge in [0.05, 0.1) is 30.8 Å². The standard InChI is InChI=1S/C23H21N3O2S/c1-15-22(16-9-11-17(28-2)12-10-16)23(25-20-8-4-3-7-19(20)24-15)26-21(27)14-18-6-5-13-29-18/h3-13,22H,14H2,1-2H3,(H,25,26,27)/t22-/m0/s1. The second kappa shape index (κ2) is 8.41. The minimum atomic E-state index is -0.249. The Balaban J connectivity index is 1.72. The topological polar surface area (TPSA) is 63.1 Å². The maximum Gasteiger partial charge on any atom is 0.230 e. The molecular weight excluding hydrogens is 382 g/mol. The van der Waals surface area contributed by atoms with Crippen molar-refractivity contribution in [1.29, 1.82) is 0 Å². The molecule has 0 spiro atoms. The molecule has 1 aliphatic rings. The smallest absolute Gasteiger partial charge is 0.230 e. The first-order valence-corrected chi connectivity index (χ1v) is 10.2. The summed E-state index contributed by atoms with van der Waals surface area (Å²) in [6.45, 7) is 1.97. The Morgan fingerprint density at radius 3 is 2.41 bits per heavy atom. The molecule has 146 valence electrons. The van der Waals surface area contributed by atoms with Gasteiger partial charge >= 0.3 is 0 Å². The molecule has 4 rings (SSSR count). The summed E-state index contributed by atoms with van der Waals surface area (Å²) in [6.07, 6.45) is 0.323. The molecule has 0 fully saturated rings. The van der Waals surface area contributed by atoms with Crippen LogP contribution in [0.25, 0.3) is 0 Å². The molecule has 1 N–H and O–H groups in total. The van der Waals surface area contributed by atoms with E-state index in [1.807, 2.05) is 73.0 Å². The predicted molar refractivity (Wildman–Crippen MR) is 118 cm³/mol. The normalized spacial score (nSPS) is 15.6. The van der Waals surface area contributed by atoms with Gasteiger partial charge in [0.25, 0.3) is 0 Å². The maximum absolute atomic E-state index is 12.7. The van der Waals surface area contributed by atoms with E-state index in [1.54, 1.807) is 18.4 Å². The Hall–Kier alpha value is -3.25. The first kappa shape index (κ1) is 19.1. The number of para-hydroxylation sites is 2. The first-order chi connectivity index (χ1) is 14.1. The number of nitrogens with one attached hydrogen (secondary N) is 1. The lowest BCUT2D eigenvalue weighted by molar-refractivity contribution is -0.119. The Morgan fingerprint density at radius 2 is 1.76 bits per heavy atom. The highest BCUT2D eigenvalue weighted by Gasteiger charge is 2.26. The molecule has 1 amide bonds. The molecule has 0 bridgehead atoms. The minimum Gasteiger partial charge on any atom is -0.497 e. The van der Waals surface area contributed by atoms with Gasteiger partial charge in [-0.15, -0.1) is 11.3 Å². The number of aliphatic imine (C=N–C) groups is 2. The quantitative estimate of drug-likeness (QED) is 0.664. The number of fused-ring (bicyclic) bond motifs is 1. The zero-order chi connectivity index (χ0) is 20.2. The lowest BCUT2D eigenvalue weighted by Gasteiger charge is -2.19. The number of thiophene rings is 1. The molecule has 6 heteroatoms. The van der Waals surface area contributed by atoms with E-state index >= 15 is 0 Å². The van der Waals surface area contributed by atoms with Crippen molar-refractivity contribution >= 4 is 40.2 Å². The number of carbonyl (C=O) groups excluding carboxylic acids is 1. The number of amides is 1. The average molecular weight is 404 g/mol. The van der Waals surface area contributed by atoms with E-state index in [-0.39, 0.29) is 11.8 Å². The van der Waals surface area contributed by atoms with Gasteiger partial charge < -0.3 is 10.1 Å². The van der Waals surface area contributed by atoms with Crippen molar-refractivity contribution in [2.45, 2.75) is 19.3 Å². The summed E-state index contributed by atoms with van der Waals surface area (Å²) in [5.41, 5.74) is 3.41. The summed E-state index contributed by atoms with van der Waals surface area (Å²) in [5, 5.41) is 5.02. The number of hydrogen-bond acceptors (Lipinski definition) is 5. The average Bonchev–Trinajstić information content (AvgIpc) is 3.18. The lowest BCUT2D eigenvalue weighted by atomic mass is 9.93. The molecule has 1 aliphatic heterocycles. The molecule has 0 unspecified atom stereocenters. The van der Waals surface area contributed by atoms with Crippen molar-refractivity contribution < 1.29 is 9.53 Å². The van der Waals surface area contributed by atoms with Gasteiger partial charge in [-0.25, -0.2) is 4.99 Å².